The van der Waals surface area contributed by atoms with E-state index in [2.05, 4.69) is 10.3 Å². The van der Waals surface area contributed by atoms with E-state index in [-0.39, 0.29) is 12.2 Å². The maximum absolute atomic E-state index is 13.4. The topological polar surface area (TPSA) is 54.5 Å². The van der Waals surface area contributed by atoms with Gasteiger partial charge in [-0.1, -0.05) is 23.4 Å². The number of nitrogens with zero attached hydrogens (tertiary/aromatic N) is 4. The van der Waals surface area contributed by atoms with Crippen molar-refractivity contribution in [2.24, 2.45) is 5.92 Å². The lowest BCUT2D eigenvalue weighted by Gasteiger charge is -2.22. The minimum Gasteiger partial charge on any atom is -0.250 e. The first kappa shape index (κ1) is 10.5. The molecule has 1 aliphatic carbocycles. The maximum Gasteiger partial charge on any atom is 0.274 e. The Hall–Kier alpha value is -2.03. The van der Waals surface area contributed by atoms with Gasteiger partial charge in [-0.3, -0.25) is 4.68 Å². The number of allylic oxidation sites excluding steroid dienone is 4. The summed E-state index contributed by atoms with van der Waals surface area (Å²) in [5.74, 6) is -3.83. The number of rotatable bonds is 2. The molecule has 0 spiro atoms. The quantitative estimate of drug-likeness (QED) is 0.762. The van der Waals surface area contributed by atoms with Crippen LogP contribution in [0.25, 0.3) is 0 Å². The molecular weight excluding hydrogens is 214 g/mol. The molecule has 82 valence electrons. The first-order valence-electron chi connectivity index (χ1n) is 4.66. The molecule has 1 heterocycles. The summed E-state index contributed by atoms with van der Waals surface area (Å²) in [4.78, 5) is 0. The van der Waals surface area contributed by atoms with Crippen molar-refractivity contribution in [2.75, 3.05) is 0 Å². The predicted molar refractivity (Wildman–Crippen MR) is 51.5 cm³/mol. The van der Waals surface area contributed by atoms with E-state index in [0.717, 1.165) is 6.08 Å². The lowest BCUT2D eigenvalue weighted by atomic mass is 9.97. The second-order valence-electron chi connectivity index (χ2n) is 3.46. The Morgan fingerprint density at radius 2 is 2.31 bits per heavy atom. The molecule has 0 saturated heterocycles. The fourth-order valence-electron chi connectivity index (χ4n) is 1.46. The number of aromatic nitrogens is 3. The number of nitriles is 1. The highest BCUT2D eigenvalue weighted by molar-refractivity contribution is 5.19. The van der Waals surface area contributed by atoms with Crippen molar-refractivity contribution in [3.8, 4) is 6.07 Å². The van der Waals surface area contributed by atoms with Gasteiger partial charge in [-0.15, -0.1) is 5.10 Å². The molecule has 1 aromatic rings. The normalized spacial score (nSPS) is 21.9. The second kappa shape index (κ2) is 3.85. The van der Waals surface area contributed by atoms with Gasteiger partial charge < -0.3 is 0 Å². The molecule has 4 nitrogen and oxygen atoms in total. The second-order valence-corrected chi connectivity index (χ2v) is 3.46. The molecule has 1 atom stereocenters. The number of hydrogen-bond donors (Lipinski definition) is 0. The van der Waals surface area contributed by atoms with Gasteiger partial charge in [-0.05, 0) is 6.08 Å². The summed E-state index contributed by atoms with van der Waals surface area (Å²) in [7, 11) is 0. The molecule has 1 aromatic heterocycles. The summed E-state index contributed by atoms with van der Waals surface area (Å²) in [5.41, 5.74) is 0.124. The summed E-state index contributed by atoms with van der Waals surface area (Å²) in [6.07, 6.45) is 6.53. The van der Waals surface area contributed by atoms with Crippen molar-refractivity contribution in [2.45, 2.75) is 12.5 Å². The average molecular weight is 222 g/mol. The van der Waals surface area contributed by atoms with Gasteiger partial charge in [-0.25, -0.2) is 8.78 Å². The predicted octanol–water partition coefficient (Wildman–Crippen LogP) is 1.53. The van der Waals surface area contributed by atoms with Crippen LogP contribution < -0.4 is 0 Å². The van der Waals surface area contributed by atoms with E-state index in [1.54, 1.807) is 12.1 Å². The standard InChI is InChI=1S/C10H8F2N4/c11-10(12)4-2-1-3-8(10)6-16-7-9(5-13)14-15-16/h1-4,7-8H,6H2. The molecule has 0 saturated carbocycles. The SMILES string of the molecule is N#Cc1cn(CC2C=CC=CC2(F)F)nn1. The molecule has 16 heavy (non-hydrogen) atoms. The first-order chi connectivity index (χ1) is 7.62. The molecule has 0 N–H and O–H groups in total. The summed E-state index contributed by atoms with van der Waals surface area (Å²) in [5, 5.41) is 15.6. The number of alkyl halides is 2. The van der Waals surface area contributed by atoms with Crippen LogP contribution in [0.2, 0.25) is 0 Å². The van der Waals surface area contributed by atoms with Gasteiger partial charge in [-0.2, -0.15) is 5.26 Å². The van der Waals surface area contributed by atoms with Crippen molar-refractivity contribution in [3.05, 3.63) is 36.2 Å². The monoisotopic (exact) mass is 222 g/mol. The van der Waals surface area contributed by atoms with Crippen LogP contribution in [0.3, 0.4) is 0 Å². The molecule has 0 bridgehead atoms. The van der Waals surface area contributed by atoms with Gasteiger partial charge in [0.15, 0.2) is 5.69 Å². The Bertz CT molecular complexity index is 481. The fraction of sp³-hybridized carbons (Fsp3) is 0.300. The van der Waals surface area contributed by atoms with Crippen LogP contribution in [-0.4, -0.2) is 20.9 Å². The number of halogens is 2. The van der Waals surface area contributed by atoms with Crippen molar-refractivity contribution < 1.29 is 8.78 Å². The van der Waals surface area contributed by atoms with E-state index in [1.807, 2.05) is 0 Å². The molecule has 1 aliphatic rings. The molecular formula is C10H8F2N4. The van der Waals surface area contributed by atoms with Crippen LogP contribution in [-0.2, 0) is 6.54 Å². The van der Waals surface area contributed by atoms with Gasteiger partial charge in [0.05, 0.1) is 18.7 Å². The molecule has 0 aromatic carbocycles. The van der Waals surface area contributed by atoms with Crippen LogP contribution >= 0.6 is 0 Å². The van der Waals surface area contributed by atoms with E-state index in [4.69, 9.17) is 5.26 Å². The molecule has 0 amide bonds. The highest BCUT2D eigenvalue weighted by Crippen LogP contribution is 2.31. The highest BCUT2D eigenvalue weighted by Gasteiger charge is 2.36. The summed E-state index contributed by atoms with van der Waals surface area (Å²) < 4.78 is 28.0. The highest BCUT2D eigenvalue weighted by atomic mass is 19.3. The lowest BCUT2D eigenvalue weighted by Crippen LogP contribution is -2.29. The van der Waals surface area contributed by atoms with Gasteiger partial charge in [0, 0.05) is 0 Å². The third kappa shape index (κ3) is 1.98. The number of hydrogen-bond acceptors (Lipinski definition) is 3. The van der Waals surface area contributed by atoms with Gasteiger partial charge in [0.1, 0.15) is 6.07 Å². The Morgan fingerprint density at radius 3 is 2.94 bits per heavy atom. The van der Waals surface area contributed by atoms with Crippen LogP contribution in [0, 0.1) is 17.2 Å². The van der Waals surface area contributed by atoms with Crippen LogP contribution in [0.4, 0.5) is 8.78 Å². The largest absolute Gasteiger partial charge is 0.274 e. The zero-order valence-electron chi connectivity index (χ0n) is 8.22. The van der Waals surface area contributed by atoms with E-state index in [0.29, 0.717) is 0 Å². The van der Waals surface area contributed by atoms with Crippen molar-refractivity contribution in [1.82, 2.24) is 15.0 Å². The smallest absolute Gasteiger partial charge is 0.250 e. The lowest BCUT2D eigenvalue weighted by molar-refractivity contribution is 0.00134. The fourth-order valence-corrected chi connectivity index (χ4v) is 1.46. The van der Waals surface area contributed by atoms with Crippen molar-refractivity contribution in [3.63, 3.8) is 0 Å². The Balaban J connectivity index is 2.13. The molecule has 0 fully saturated rings. The van der Waals surface area contributed by atoms with E-state index >= 15 is 0 Å². The Labute approximate surface area is 90.5 Å². The zero-order chi connectivity index (χ0) is 11.6. The molecule has 0 radical (unpaired) electrons. The van der Waals surface area contributed by atoms with Crippen molar-refractivity contribution >= 4 is 0 Å². The van der Waals surface area contributed by atoms with Crippen molar-refractivity contribution in [1.29, 1.82) is 5.26 Å². The average Bonchev–Trinajstić information content (AvgIpc) is 2.69. The summed E-state index contributed by atoms with van der Waals surface area (Å²) in [6.45, 7) is 0.00250. The molecule has 0 aliphatic heterocycles. The van der Waals surface area contributed by atoms with E-state index in [1.165, 1.54) is 23.0 Å². The van der Waals surface area contributed by atoms with E-state index in [9.17, 15) is 8.78 Å². The Morgan fingerprint density at radius 1 is 1.50 bits per heavy atom. The zero-order valence-corrected chi connectivity index (χ0v) is 8.22. The summed E-state index contributed by atoms with van der Waals surface area (Å²) in [6, 6.07) is 1.79. The first-order valence-corrected chi connectivity index (χ1v) is 4.66. The van der Waals surface area contributed by atoms with Gasteiger partial charge in [0.2, 0.25) is 0 Å². The van der Waals surface area contributed by atoms with Crippen LogP contribution in [0.5, 0.6) is 0 Å². The van der Waals surface area contributed by atoms with Crippen LogP contribution in [0.1, 0.15) is 5.69 Å². The summed E-state index contributed by atoms with van der Waals surface area (Å²) >= 11 is 0. The molecule has 1 unspecified atom stereocenters. The molecule has 6 heteroatoms. The van der Waals surface area contributed by atoms with E-state index < -0.39 is 11.8 Å². The third-order valence-electron chi connectivity index (χ3n) is 2.30. The third-order valence-corrected chi connectivity index (χ3v) is 2.30. The van der Waals surface area contributed by atoms with Gasteiger partial charge in [0.25, 0.3) is 5.92 Å². The minimum atomic E-state index is -2.88. The maximum atomic E-state index is 13.4. The molecule has 2 rings (SSSR count). The minimum absolute atomic E-state index is 0.00250. The Kier molecular flexibility index (Phi) is 2.52. The van der Waals surface area contributed by atoms with Gasteiger partial charge >= 0.3 is 0 Å². The van der Waals surface area contributed by atoms with Crippen LogP contribution in [0.15, 0.2) is 30.5 Å².